The molecule has 1 aliphatic rings. The van der Waals surface area contributed by atoms with Gasteiger partial charge in [-0.1, -0.05) is 13.3 Å². The summed E-state index contributed by atoms with van der Waals surface area (Å²) in [6, 6.07) is 4.42. The largest absolute Gasteiger partial charge is 0.476 e. The first-order valence-corrected chi connectivity index (χ1v) is 7.29. The third kappa shape index (κ3) is 4.10. The minimum Gasteiger partial charge on any atom is -0.476 e. The monoisotopic (exact) mass is 264 g/mol. The molecule has 0 aliphatic carbocycles. The number of hydrogen-bond acceptors (Lipinski definition) is 4. The predicted octanol–water partition coefficient (Wildman–Crippen LogP) is 3.24. The summed E-state index contributed by atoms with van der Waals surface area (Å²) >= 11 is 0. The van der Waals surface area contributed by atoms with Crippen molar-refractivity contribution in [1.82, 2.24) is 4.98 Å². The van der Waals surface area contributed by atoms with Crippen LogP contribution >= 0.6 is 0 Å². The van der Waals surface area contributed by atoms with Crippen LogP contribution in [0, 0.1) is 0 Å². The van der Waals surface area contributed by atoms with Gasteiger partial charge in [0, 0.05) is 18.8 Å². The molecule has 1 aliphatic heterocycles. The molecule has 1 aromatic heterocycles. The lowest BCUT2D eigenvalue weighted by atomic mass is 10.00. The summed E-state index contributed by atoms with van der Waals surface area (Å²) in [6.07, 6.45) is 6.58. The van der Waals surface area contributed by atoms with E-state index in [1.807, 2.05) is 19.1 Å². The van der Waals surface area contributed by atoms with E-state index in [0.29, 0.717) is 24.6 Å². The third-order valence-corrected chi connectivity index (χ3v) is 3.39. The summed E-state index contributed by atoms with van der Waals surface area (Å²) < 4.78 is 11.3. The maximum atomic E-state index is 5.78. The third-order valence-electron chi connectivity index (χ3n) is 3.39. The van der Waals surface area contributed by atoms with Gasteiger partial charge in [0.05, 0.1) is 18.4 Å². The van der Waals surface area contributed by atoms with Gasteiger partial charge >= 0.3 is 0 Å². The summed E-state index contributed by atoms with van der Waals surface area (Å²) in [6.45, 7) is 5.66. The Morgan fingerprint density at radius 2 is 2.37 bits per heavy atom. The standard InChI is InChI=1S/C15H24N2O2/c1-3-6-13-11-12(8-10-19-13)17-14-7-5-9-16-15(14)18-4-2/h5,7,9,12-13,17H,3-4,6,8,10-11H2,1-2H3. The van der Waals surface area contributed by atoms with E-state index in [1.165, 1.54) is 6.42 Å². The second kappa shape index (κ2) is 7.34. The Kier molecular flexibility index (Phi) is 5.45. The zero-order valence-corrected chi connectivity index (χ0v) is 11.9. The van der Waals surface area contributed by atoms with E-state index < -0.39 is 0 Å². The maximum Gasteiger partial charge on any atom is 0.237 e. The van der Waals surface area contributed by atoms with Gasteiger partial charge in [-0.3, -0.25) is 0 Å². The molecule has 2 heterocycles. The van der Waals surface area contributed by atoms with Gasteiger partial charge < -0.3 is 14.8 Å². The highest BCUT2D eigenvalue weighted by molar-refractivity contribution is 5.52. The van der Waals surface area contributed by atoms with Crippen molar-refractivity contribution in [1.29, 1.82) is 0 Å². The van der Waals surface area contributed by atoms with Crippen LogP contribution in [0.25, 0.3) is 0 Å². The molecule has 4 heteroatoms. The molecule has 0 radical (unpaired) electrons. The molecule has 1 N–H and O–H groups in total. The first-order valence-electron chi connectivity index (χ1n) is 7.29. The number of aromatic nitrogens is 1. The van der Waals surface area contributed by atoms with Crippen molar-refractivity contribution in [2.75, 3.05) is 18.5 Å². The molecule has 0 bridgehead atoms. The molecule has 2 atom stereocenters. The highest BCUT2D eigenvalue weighted by atomic mass is 16.5. The van der Waals surface area contributed by atoms with Crippen LogP contribution in [0.5, 0.6) is 5.88 Å². The smallest absolute Gasteiger partial charge is 0.237 e. The van der Waals surface area contributed by atoms with Gasteiger partial charge in [0.25, 0.3) is 0 Å². The number of nitrogens with one attached hydrogen (secondary N) is 1. The number of rotatable bonds is 6. The molecule has 0 amide bonds. The molecule has 1 saturated heterocycles. The number of anilines is 1. The van der Waals surface area contributed by atoms with Crippen molar-refractivity contribution in [3.05, 3.63) is 18.3 Å². The van der Waals surface area contributed by atoms with E-state index in [0.717, 1.165) is 31.6 Å². The highest BCUT2D eigenvalue weighted by Gasteiger charge is 2.22. The van der Waals surface area contributed by atoms with Crippen molar-refractivity contribution in [2.45, 2.75) is 51.7 Å². The fourth-order valence-corrected chi connectivity index (χ4v) is 2.51. The molecule has 0 saturated carbocycles. The van der Waals surface area contributed by atoms with Gasteiger partial charge in [-0.25, -0.2) is 4.98 Å². The zero-order valence-electron chi connectivity index (χ0n) is 11.9. The van der Waals surface area contributed by atoms with Crippen LogP contribution in [0.2, 0.25) is 0 Å². The van der Waals surface area contributed by atoms with Gasteiger partial charge in [-0.15, -0.1) is 0 Å². The van der Waals surface area contributed by atoms with Crippen molar-refractivity contribution >= 4 is 5.69 Å². The van der Waals surface area contributed by atoms with Gasteiger partial charge in [-0.2, -0.15) is 0 Å². The van der Waals surface area contributed by atoms with Gasteiger partial charge in [0.2, 0.25) is 5.88 Å². The maximum absolute atomic E-state index is 5.78. The SMILES string of the molecule is CCCC1CC(Nc2cccnc2OCC)CCO1. The lowest BCUT2D eigenvalue weighted by Crippen LogP contribution is -2.34. The van der Waals surface area contributed by atoms with Gasteiger partial charge in [0.1, 0.15) is 0 Å². The van der Waals surface area contributed by atoms with Crippen molar-refractivity contribution in [2.24, 2.45) is 0 Å². The summed E-state index contributed by atoms with van der Waals surface area (Å²) in [5, 5.41) is 3.56. The van der Waals surface area contributed by atoms with Crippen LogP contribution in [0.4, 0.5) is 5.69 Å². The summed E-state index contributed by atoms with van der Waals surface area (Å²) in [5.74, 6) is 0.698. The Labute approximate surface area is 115 Å². The Morgan fingerprint density at radius 3 is 3.16 bits per heavy atom. The topological polar surface area (TPSA) is 43.4 Å². The average molecular weight is 264 g/mol. The minimum absolute atomic E-state index is 0.392. The number of pyridine rings is 1. The minimum atomic E-state index is 0.392. The molecule has 4 nitrogen and oxygen atoms in total. The molecule has 0 aromatic carbocycles. The van der Waals surface area contributed by atoms with E-state index in [2.05, 4.69) is 17.2 Å². The average Bonchev–Trinajstić information content (AvgIpc) is 2.42. The lowest BCUT2D eigenvalue weighted by Gasteiger charge is -2.30. The van der Waals surface area contributed by atoms with E-state index in [4.69, 9.17) is 9.47 Å². The van der Waals surface area contributed by atoms with Crippen LogP contribution in [-0.4, -0.2) is 30.3 Å². The van der Waals surface area contributed by atoms with E-state index >= 15 is 0 Å². The molecule has 1 fully saturated rings. The summed E-state index contributed by atoms with van der Waals surface area (Å²) in [5.41, 5.74) is 0.992. The van der Waals surface area contributed by atoms with Crippen molar-refractivity contribution < 1.29 is 9.47 Å². The second-order valence-corrected chi connectivity index (χ2v) is 4.94. The summed E-state index contributed by atoms with van der Waals surface area (Å²) in [4.78, 5) is 4.27. The van der Waals surface area contributed by atoms with Gasteiger partial charge in [-0.05, 0) is 38.3 Å². The molecule has 2 unspecified atom stereocenters. The Bertz CT molecular complexity index is 382. The molecule has 2 rings (SSSR count). The quantitative estimate of drug-likeness (QED) is 0.856. The number of hydrogen-bond donors (Lipinski definition) is 1. The molecule has 1 aromatic rings. The van der Waals surface area contributed by atoms with Crippen molar-refractivity contribution in [3.63, 3.8) is 0 Å². The molecular formula is C15H24N2O2. The first-order chi connectivity index (χ1) is 9.33. The first kappa shape index (κ1) is 14.1. The Morgan fingerprint density at radius 1 is 1.47 bits per heavy atom. The number of nitrogens with zero attached hydrogens (tertiary/aromatic N) is 1. The second-order valence-electron chi connectivity index (χ2n) is 4.94. The van der Waals surface area contributed by atoms with Crippen LogP contribution < -0.4 is 10.1 Å². The lowest BCUT2D eigenvalue weighted by molar-refractivity contribution is 0.00593. The zero-order chi connectivity index (χ0) is 13.5. The van der Waals surface area contributed by atoms with Crippen LogP contribution in [0.3, 0.4) is 0 Å². The van der Waals surface area contributed by atoms with E-state index in [1.54, 1.807) is 6.20 Å². The summed E-state index contributed by atoms with van der Waals surface area (Å²) in [7, 11) is 0. The Hall–Kier alpha value is -1.29. The Balaban J connectivity index is 1.96. The molecule has 0 spiro atoms. The highest BCUT2D eigenvalue weighted by Crippen LogP contribution is 2.26. The van der Waals surface area contributed by atoms with Crippen molar-refractivity contribution in [3.8, 4) is 5.88 Å². The fraction of sp³-hybridized carbons (Fsp3) is 0.667. The van der Waals surface area contributed by atoms with Crippen LogP contribution in [-0.2, 0) is 4.74 Å². The van der Waals surface area contributed by atoms with Gasteiger partial charge in [0.15, 0.2) is 0 Å². The molecule has 106 valence electrons. The van der Waals surface area contributed by atoms with Crippen LogP contribution in [0.15, 0.2) is 18.3 Å². The fourth-order valence-electron chi connectivity index (χ4n) is 2.51. The molecular weight excluding hydrogens is 240 g/mol. The predicted molar refractivity (Wildman–Crippen MR) is 76.7 cm³/mol. The van der Waals surface area contributed by atoms with E-state index in [9.17, 15) is 0 Å². The molecule has 19 heavy (non-hydrogen) atoms. The number of ether oxygens (including phenoxy) is 2. The van der Waals surface area contributed by atoms with E-state index in [-0.39, 0.29) is 0 Å². The van der Waals surface area contributed by atoms with Crippen LogP contribution in [0.1, 0.15) is 39.5 Å². The normalized spacial score (nSPS) is 23.1.